The molecule has 1 unspecified atom stereocenters. The summed E-state index contributed by atoms with van der Waals surface area (Å²) >= 11 is 11.5. The van der Waals surface area contributed by atoms with Crippen molar-refractivity contribution in [3.63, 3.8) is 0 Å². The van der Waals surface area contributed by atoms with E-state index in [0.717, 1.165) is 27.5 Å². The highest BCUT2D eigenvalue weighted by atomic mass is 35.5. The highest BCUT2D eigenvalue weighted by molar-refractivity contribution is 7.80. The van der Waals surface area contributed by atoms with Gasteiger partial charge in [-0.05, 0) is 50.7 Å². The maximum Gasteiger partial charge on any atom is 0.171 e. The van der Waals surface area contributed by atoms with Gasteiger partial charge in [0.1, 0.15) is 0 Å². The SMILES string of the molecule is Cc1nn(C)cc1C(C)NC(=S)Nc1cccc(Cl)c1C. The van der Waals surface area contributed by atoms with Crippen molar-refractivity contribution < 1.29 is 0 Å². The number of nitrogens with zero attached hydrogens (tertiary/aromatic N) is 2. The summed E-state index contributed by atoms with van der Waals surface area (Å²) in [4.78, 5) is 0. The summed E-state index contributed by atoms with van der Waals surface area (Å²) in [6.07, 6.45) is 2.00. The number of hydrogen-bond acceptors (Lipinski definition) is 2. The Labute approximate surface area is 135 Å². The van der Waals surface area contributed by atoms with E-state index in [2.05, 4.69) is 22.7 Å². The largest absolute Gasteiger partial charge is 0.356 e. The van der Waals surface area contributed by atoms with Gasteiger partial charge in [-0.3, -0.25) is 4.68 Å². The summed E-state index contributed by atoms with van der Waals surface area (Å²) in [6.45, 7) is 6.01. The van der Waals surface area contributed by atoms with Crippen molar-refractivity contribution in [1.82, 2.24) is 15.1 Å². The number of benzene rings is 1. The lowest BCUT2D eigenvalue weighted by molar-refractivity contribution is 0.715. The smallest absolute Gasteiger partial charge is 0.171 e. The van der Waals surface area contributed by atoms with Gasteiger partial charge in [-0.2, -0.15) is 5.10 Å². The van der Waals surface area contributed by atoms with Crippen LogP contribution in [0, 0.1) is 13.8 Å². The summed E-state index contributed by atoms with van der Waals surface area (Å²) in [6, 6.07) is 5.79. The molecule has 0 bridgehead atoms. The Kier molecular flexibility index (Phi) is 4.85. The van der Waals surface area contributed by atoms with Crippen molar-refractivity contribution in [2.24, 2.45) is 7.05 Å². The van der Waals surface area contributed by atoms with Gasteiger partial charge in [0.15, 0.2) is 5.11 Å². The monoisotopic (exact) mass is 322 g/mol. The minimum atomic E-state index is 0.0817. The van der Waals surface area contributed by atoms with Gasteiger partial charge in [-0.25, -0.2) is 0 Å². The third-order valence-electron chi connectivity index (χ3n) is 3.38. The third kappa shape index (κ3) is 3.74. The Bertz CT molecular complexity index is 666. The number of thiocarbonyl (C=S) groups is 1. The predicted octanol–water partition coefficient (Wildman–Crippen LogP) is 3.74. The van der Waals surface area contributed by atoms with E-state index in [9.17, 15) is 0 Å². The number of aryl methyl sites for hydroxylation is 2. The molecule has 0 saturated heterocycles. The number of aromatic nitrogens is 2. The first-order chi connectivity index (χ1) is 9.88. The standard InChI is InChI=1S/C15H19ClN4S/c1-9-13(16)6-5-7-14(9)18-15(21)17-10(2)12-8-20(4)19-11(12)3/h5-8,10H,1-4H3,(H2,17,18,21). The van der Waals surface area contributed by atoms with E-state index in [0.29, 0.717) is 5.11 Å². The summed E-state index contributed by atoms with van der Waals surface area (Å²) in [5.74, 6) is 0. The Morgan fingerprint density at radius 3 is 2.71 bits per heavy atom. The topological polar surface area (TPSA) is 41.9 Å². The van der Waals surface area contributed by atoms with Crippen LogP contribution in [-0.4, -0.2) is 14.9 Å². The fourth-order valence-electron chi connectivity index (χ4n) is 2.22. The van der Waals surface area contributed by atoms with Crippen LogP contribution in [0.15, 0.2) is 24.4 Å². The number of rotatable bonds is 3. The Morgan fingerprint density at radius 2 is 2.10 bits per heavy atom. The summed E-state index contributed by atoms with van der Waals surface area (Å²) < 4.78 is 1.81. The lowest BCUT2D eigenvalue weighted by Gasteiger charge is -2.18. The maximum absolute atomic E-state index is 6.11. The average Bonchev–Trinajstić information content (AvgIpc) is 2.74. The van der Waals surface area contributed by atoms with E-state index in [1.807, 2.05) is 45.3 Å². The van der Waals surface area contributed by atoms with Gasteiger partial charge in [0.2, 0.25) is 0 Å². The highest BCUT2D eigenvalue weighted by Crippen LogP contribution is 2.23. The molecule has 21 heavy (non-hydrogen) atoms. The fraction of sp³-hybridized carbons (Fsp3) is 0.333. The van der Waals surface area contributed by atoms with Gasteiger partial charge >= 0.3 is 0 Å². The second-order valence-electron chi connectivity index (χ2n) is 5.08. The number of nitrogens with one attached hydrogen (secondary N) is 2. The summed E-state index contributed by atoms with van der Waals surface area (Å²) in [7, 11) is 1.91. The van der Waals surface area contributed by atoms with E-state index in [1.165, 1.54) is 0 Å². The van der Waals surface area contributed by atoms with Crippen LogP contribution in [0.5, 0.6) is 0 Å². The van der Waals surface area contributed by atoms with E-state index in [4.69, 9.17) is 23.8 Å². The van der Waals surface area contributed by atoms with Crippen LogP contribution >= 0.6 is 23.8 Å². The molecule has 0 amide bonds. The molecule has 1 heterocycles. The first-order valence-electron chi connectivity index (χ1n) is 6.71. The second kappa shape index (κ2) is 6.45. The van der Waals surface area contributed by atoms with Crippen LogP contribution in [-0.2, 0) is 7.05 Å². The summed E-state index contributed by atoms with van der Waals surface area (Å²) in [5, 5.41) is 12.1. The van der Waals surface area contributed by atoms with E-state index >= 15 is 0 Å². The van der Waals surface area contributed by atoms with Gasteiger partial charge in [0.25, 0.3) is 0 Å². The normalized spacial score (nSPS) is 12.0. The molecule has 6 heteroatoms. The molecule has 0 fully saturated rings. The van der Waals surface area contributed by atoms with Crippen LogP contribution in [0.3, 0.4) is 0 Å². The molecular formula is C15H19ClN4S. The van der Waals surface area contributed by atoms with Crippen LogP contribution in [0.2, 0.25) is 5.02 Å². The molecular weight excluding hydrogens is 304 g/mol. The maximum atomic E-state index is 6.11. The van der Waals surface area contributed by atoms with Crippen LogP contribution in [0.25, 0.3) is 0 Å². The van der Waals surface area contributed by atoms with Gasteiger partial charge < -0.3 is 10.6 Å². The fourth-order valence-corrected chi connectivity index (χ4v) is 2.68. The molecule has 0 aliphatic heterocycles. The van der Waals surface area contributed by atoms with Crippen LogP contribution in [0.1, 0.15) is 29.8 Å². The molecule has 2 N–H and O–H groups in total. The molecule has 1 aromatic carbocycles. The molecule has 112 valence electrons. The molecule has 2 rings (SSSR count). The lowest BCUT2D eigenvalue weighted by Crippen LogP contribution is -2.31. The first-order valence-corrected chi connectivity index (χ1v) is 7.50. The van der Waals surface area contributed by atoms with Crippen molar-refractivity contribution in [3.8, 4) is 0 Å². The van der Waals surface area contributed by atoms with Crippen LogP contribution < -0.4 is 10.6 Å². The summed E-state index contributed by atoms with van der Waals surface area (Å²) in [5.41, 5.74) is 4.02. The number of halogens is 1. The zero-order valence-electron chi connectivity index (χ0n) is 12.6. The van der Waals surface area contributed by atoms with E-state index in [-0.39, 0.29) is 6.04 Å². The molecule has 4 nitrogen and oxygen atoms in total. The number of hydrogen-bond donors (Lipinski definition) is 2. The zero-order valence-corrected chi connectivity index (χ0v) is 14.1. The molecule has 2 aromatic rings. The van der Waals surface area contributed by atoms with Crippen molar-refractivity contribution in [1.29, 1.82) is 0 Å². The molecule has 0 aliphatic rings. The second-order valence-corrected chi connectivity index (χ2v) is 5.89. The van der Waals surface area contributed by atoms with Gasteiger partial charge in [0.05, 0.1) is 11.7 Å². The van der Waals surface area contributed by atoms with E-state index < -0.39 is 0 Å². The van der Waals surface area contributed by atoms with Gasteiger partial charge in [-0.1, -0.05) is 17.7 Å². The van der Waals surface area contributed by atoms with E-state index in [1.54, 1.807) is 4.68 Å². The minimum Gasteiger partial charge on any atom is -0.356 e. The van der Waals surface area contributed by atoms with Crippen molar-refractivity contribution in [2.45, 2.75) is 26.8 Å². The third-order valence-corrected chi connectivity index (χ3v) is 4.01. The zero-order chi connectivity index (χ0) is 15.6. The quantitative estimate of drug-likeness (QED) is 0.845. The van der Waals surface area contributed by atoms with Crippen molar-refractivity contribution in [3.05, 3.63) is 46.2 Å². The molecule has 0 radical (unpaired) electrons. The first kappa shape index (κ1) is 15.8. The molecule has 1 aromatic heterocycles. The Balaban J connectivity index is 2.05. The lowest BCUT2D eigenvalue weighted by atomic mass is 10.1. The molecule has 0 saturated carbocycles. The highest BCUT2D eigenvalue weighted by Gasteiger charge is 2.13. The van der Waals surface area contributed by atoms with Crippen molar-refractivity contribution in [2.75, 3.05) is 5.32 Å². The molecule has 0 spiro atoms. The van der Waals surface area contributed by atoms with Gasteiger partial charge in [0, 0.05) is 29.5 Å². The number of anilines is 1. The van der Waals surface area contributed by atoms with Crippen molar-refractivity contribution >= 4 is 34.6 Å². The van der Waals surface area contributed by atoms with Gasteiger partial charge in [-0.15, -0.1) is 0 Å². The average molecular weight is 323 g/mol. The molecule has 0 aliphatic carbocycles. The predicted molar refractivity (Wildman–Crippen MR) is 91.9 cm³/mol. The Hall–Kier alpha value is -1.59. The molecule has 1 atom stereocenters. The van der Waals surface area contributed by atoms with Crippen LogP contribution in [0.4, 0.5) is 5.69 Å². The Morgan fingerprint density at radius 1 is 1.38 bits per heavy atom. The minimum absolute atomic E-state index is 0.0817.